The molecule has 0 aromatic heterocycles. The van der Waals surface area contributed by atoms with E-state index in [1.807, 2.05) is 0 Å². The third-order valence-electron chi connectivity index (χ3n) is 3.05. The Morgan fingerprint density at radius 3 is 2.81 bits per heavy atom. The minimum atomic E-state index is -0.263. The van der Waals surface area contributed by atoms with Crippen LogP contribution in [-0.4, -0.2) is 36.8 Å². The number of hydrogen-bond donors (Lipinski definition) is 3. The van der Waals surface area contributed by atoms with E-state index in [0.717, 1.165) is 38.8 Å². The Hall–Kier alpha value is -0.610. The number of rotatable bonds is 6. The number of carbonyl (C=O) groups is 1. The van der Waals surface area contributed by atoms with E-state index in [1.54, 1.807) is 6.92 Å². The molecule has 1 unspecified atom stereocenters. The Morgan fingerprint density at radius 1 is 1.50 bits per heavy atom. The van der Waals surface area contributed by atoms with Crippen LogP contribution >= 0.6 is 0 Å². The molecule has 4 nitrogen and oxygen atoms in total. The molecule has 16 heavy (non-hydrogen) atoms. The van der Waals surface area contributed by atoms with Crippen molar-refractivity contribution in [3.63, 3.8) is 0 Å². The van der Waals surface area contributed by atoms with Crippen LogP contribution < -0.4 is 10.6 Å². The predicted molar refractivity (Wildman–Crippen MR) is 64.1 cm³/mol. The Labute approximate surface area is 97.8 Å². The van der Waals surface area contributed by atoms with Gasteiger partial charge in [0.05, 0.1) is 6.10 Å². The van der Waals surface area contributed by atoms with Crippen molar-refractivity contribution in [2.24, 2.45) is 5.92 Å². The largest absolute Gasteiger partial charge is 0.393 e. The van der Waals surface area contributed by atoms with E-state index in [4.69, 9.17) is 5.11 Å². The van der Waals surface area contributed by atoms with E-state index < -0.39 is 0 Å². The number of nitrogens with one attached hydrogen (secondary N) is 2. The lowest BCUT2D eigenvalue weighted by atomic mass is 9.94. The van der Waals surface area contributed by atoms with Gasteiger partial charge in [-0.05, 0) is 51.6 Å². The molecule has 94 valence electrons. The Bertz CT molecular complexity index is 201. The fourth-order valence-corrected chi connectivity index (χ4v) is 2.05. The van der Waals surface area contributed by atoms with Crippen LogP contribution in [0.5, 0.6) is 0 Å². The highest BCUT2D eigenvalue weighted by atomic mass is 16.3. The van der Waals surface area contributed by atoms with Crippen LogP contribution in [0.15, 0.2) is 0 Å². The van der Waals surface area contributed by atoms with Gasteiger partial charge in [-0.15, -0.1) is 0 Å². The first kappa shape index (κ1) is 13.5. The Balaban J connectivity index is 2.01. The summed E-state index contributed by atoms with van der Waals surface area (Å²) in [5.41, 5.74) is 0. The van der Waals surface area contributed by atoms with E-state index in [1.165, 1.54) is 0 Å². The zero-order valence-electron chi connectivity index (χ0n) is 10.2. The molecule has 1 heterocycles. The Kier molecular flexibility index (Phi) is 6.42. The van der Waals surface area contributed by atoms with Crippen molar-refractivity contribution in [2.45, 2.75) is 45.1 Å². The average Bonchev–Trinajstić information content (AvgIpc) is 2.25. The van der Waals surface area contributed by atoms with E-state index in [-0.39, 0.29) is 12.0 Å². The molecule has 0 saturated carbocycles. The third-order valence-corrected chi connectivity index (χ3v) is 3.05. The van der Waals surface area contributed by atoms with Crippen LogP contribution in [0.3, 0.4) is 0 Å². The third kappa shape index (κ3) is 6.08. The number of aliphatic hydroxyl groups excluding tert-OH is 1. The van der Waals surface area contributed by atoms with Gasteiger partial charge in [-0.3, -0.25) is 4.79 Å². The molecule has 0 spiro atoms. The van der Waals surface area contributed by atoms with Gasteiger partial charge < -0.3 is 15.7 Å². The molecule has 0 aromatic carbocycles. The van der Waals surface area contributed by atoms with Crippen molar-refractivity contribution >= 4 is 5.91 Å². The molecule has 0 bridgehead atoms. The molecular weight excluding hydrogens is 204 g/mol. The molecule has 1 aliphatic rings. The van der Waals surface area contributed by atoms with Crippen LogP contribution in [0.25, 0.3) is 0 Å². The predicted octanol–water partition coefficient (Wildman–Crippen LogP) is 0.653. The van der Waals surface area contributed by atoms with Crippen molar-refractivity contribution in [3.8, 4) is 0 Å². The van der Waals surface area contributed by atoms with Gasteiger partial charge in [0.25, 0.3) is 0 Å². The molecule has 1 amide bonds. The maximum absolute atomic E-state index is 11.6. The fraction of sp³-hybridized carbons (Fsp3) is 0.917. The van der Waals surface area contributed by atoms with Crippen molar-refractivity contribution in [1.82, 2.24) is 10.6 Å². The first-order chi connectivity index (χ1) is 7.68. The van der Waals surface area contributed by atoms with Crippen LogP contribution in [-0.2, 0) is 4.79 Å². The summed E-state index contributed by atoms with van der Waals surface area (Å²) in [6.45, 7) is 4.55. The Morgan fingerprint density at radius 2 is 2.19 bits per heavy atom. The van der Waals surface area contributed by atoms with Gasteiger partial charge >= 0.3 is 0 Å². The van der Waals surface area contributed by atoms with Crippen molar-refractivity contribution in [1.29, 1.82) is 0 Å². The molecule has 1 fully saturated rings. The number of aliphatic hydroxyl groups is 1. The molecular formula is C12H24N2O2. The highest BCUT2D eigenvalue weighted by molar-refractivity contribution is 5.76. The zero-order chi connectivity index (χ0) is 11.8. The molecule has 0 aliphatic carbocycles. The quantitative estimate of drug-likeness (QED) is 0.585. The minimum absolute atomic E-state index is 0.164. The summed E-state index contributed by atoms with van der Waals surface area (Å²) in [6.07, 6.45) is 4.24. The first-order valence-corrected chi connectivity index (χ1v) is 6.34. The van der Waals surface area contributed by atoms with Crippen LogP contribution in [0.2, 0.25) is 0 Å². The molecule has 3 N–H and O–H groups in total. The summed E-state index contributed by atoms with van der Waals surface area (Å²) in [6, 6.07) is 0. The molecule has 1 saturated heterocycles. The molecule has 1 aliphatic heterocycles. The van der Waals surface area contributed by atoms with Crippen LogP contribution in [0.4, 0.5) is 0 Å². The summed E-state index contributed by atoms with van der Waals surface area (Å²) in [5, 5.41) is 15.3. The normalized spacial score (nSPS) is 19.4. The number of carbonyl (C=O) groups excluding carboxylic acids is 1. The lowest BCUT2D eigenvalue weighted by molar-refractivity contribution is -0.122. The second-order valence-corrected chi connectivity index (χ2v) is 4.74. The summed E-state index contributed by atoms with van der Waals surface area (Å²) in [4.78, 5) is 11.6. The number of piperidine rings is 1. The lowest BCUT2D eigenvalue weighted by Crippen LogP contribution is -2.32. The van der Waals surface area contributed by atoms with Gasteiger partial charge in [-0.1, -0.05) is 0 Å². The fourth-order valence-electron chi connectivity index (χ4n) is 2.05. The van der Waals surface area contributed by atoms with Crippen LogP contribution in [0.1, 0.15) is 39.0 Å². The van der Waals surface area contributed by atoms with Crippen molar-refractivity contribution in [3.05, 3.63) is 0 Å². The molecule has 1 rings (SSSR count). The average molecular weight is 228 g/mol. The molecule has 0 radical (unpaired) electrons. The maximum atomic E-state index is 11.6. The van der Waals surface area contributed by atoms with Gasteiger partial charge in [0, 0.05) is 13.0 Å². The van der Waals surface area contributed by atoms with E-state index in [2.05, 4.69) is 10.6 Å². The van der Waals surface area contributed by atoms with Gasteiger partial charge in [-0.25, -0.2) is 0 Å². The highest BCUT2D eigenvalue weighted by Crippen LogP contribution is 2.15. The number of amides is 1. The minimum Gasteiger partial charge on any atom is -0.393 e. The van der Waals surface area contributed by atoms with Gasteiger partial charge in [0.1, 0.15) is 0 Å². The van der Waals surface area contributed by atoms with E-state index in [9.17, 15) is 4.79 Å². The van der Waals surface area contributed by atoms with Crippen molar-refractivity contribution in [2.75, 3.05) is 19.6 Å². The monoisotopic (exact) mass is 228 g/mol. The van der Waals surface area contributed by atoms with Gasteiger partial charge in [-0.2, -0.15) is 0 Å². The van der Waals surface area contributed by atoms with E-state index in [0.29, 0.717) is 18.9 Å². The van der Waals surface area contributed by atoms with Crippen molar-refractivity contribution < 1.29 is 9.90 Å². The zero-order valence-corrected chi connectivity index (χ0v) is 10.2. The highest BCUT2D eigenvalue weighted by Gasteiger charge is 2.16. The van der Waals surface area contributed by atoms with E-state index >= 15 is 0 Å². The smallest absolute Gasteiger partial charge is 0.220 e. The first-order valence-electron chi connectivity index (χ1n) is 6.34. The molecule has 1 atom stereocenters. The standard InChI is InChI=1S/C12H24N2O2/c1-10(15)3-2-6-14-12(16)9-11-4-7-13-8-5-11/h10-11,13,15H,2-9H2,1H3,(H,14,16). The van der Waals surface area contributed by atoms with Crippen LogP contribution in [0, 0.1) is 5.92 Å². The maximum Gasteiger partial charge on any atom is 0.220 e. The SMILES string of the molecule is CC(O)CCCNC(=O)CC1CCNCC1. The topological polar surface area (TPSA) is 61.4 Å². The second-order valence-electron chi connectivity index (χ2n) is 4.74. The summed E-state index contributed by atoms with van der Waals surface area (Å²) < 4.78 is 0. The molecule has 0 aromatic rings. The second kappa shape index (κ2) is 7.63. The molecule has 4 heteroatoms. The summed E-state index contributed by atoms with van der Waals surface area (Å²) >= 11 is 0. The van der Waals surface area contributed by atoms with Gasteiger partial charge in [0.2, 0.25) is 5.91 Å². The van der Waals surface area contributed by atoms with Gasteiger partial charge in [0.15, 0.2) is 0 Å². The lowest BCUT2D eigenvalue weighted by Gasteiger charge is -2.21. The number of hydrogen-bond acceptors (Lipinski definition) is 3. The summed E-state index contributed by atoms with van der Waals surface area (Å²) in [7, 11) is 0. The summed E-state index contributed by atoms with van der Waals surface area (Å²) in [5.74, 6) is 0.718.